The van der Waals surface area contributed by atoms with Crippen LogP contribution in [0.5, 0.6) is 5.75 Å². The summed E-state index contributed by atoms with van der Waals surface area (Å²) < 4.78 is 7.48. The molecule has 1 amide bonds. The van der Waals surface area contributed by atoms with E-state index in [1.807, 2.05) is 59.8 Å². The number of nitrogens with zero attached hydrogens (tertiary/aromatic N) is 3. The predicted octanol–water partition coefficient (Wildman–Crippen LogP) is 7.18. The van der Waals surface area contributed by atoms with Crippen molar-refractivity contribution in [2.45, 2.75) is 25.4 Å². The van der Waals surface area contributed by atoms with Crippen LogP contribution >= 0.6 is 0 Å². The van der Waals surface area contributed by atoms with Gasteiger partial charge >= 0.3 is 0 Å². The van der Waals surface area contributed by atoms with E-state index >= 15 is 0 Å². The monoisotopic (exact) mass is 553 g/mol. The lowest BCUT2D eigenvalue weighted by Gasteiger charge is -2.37. The minimum absolute atomic E-state index is 0.0684. The van der Waals surface area contributed by atoms with Crippen molar-refractivity contribution in [3.63, 3.8) is 0 Å². The Morgan fingerprint density at radius 1 is 0.833 bits per heavy atom. The van der Waals surface area contributed by atoms with Crippen LogP contribution in [0.2, 0.25) is 0 Å². The van der Waals surface area contributed by atoms with Crippen LogP contribution in [0.1, 0.15) is 41.3 Å². The van der Waals surface area contributed by atoms with Gasteiger partial charge in [-0.1, -0.05) is 110 Å². The lowest BCUT2D eigenvalue weighted by atomic mass is 9.77. The molecule has 2 heterocycles. The highest BCUT2D eigenvalue weighted by Crippen LogP contribution is 2.41. The van der Waals surface area contributed by atoms with Crippen molar-refractivity contribution in [3.05, 3.63) is 161 Å². The van der Waals surface area contributed by atoms with Crippen molar-refractivity contribution in [2.24, 2.45) is 5.92 Å². The Balaban J connectivity index is 1.39. The molecule has 1 saturated heterocycles. The Hall–Kier alpha value is -4.90. The minimum Gasteiger partial charge on any atom is -0.497 e. The van der Waals surface area contributed by atoms with E-state index in [-0.39, 0.29) is 5.91 Å². The molecule has 0 bridgehead atoms. The Kier molecular flexibility index (Phi) is 7.74. The van der Waals surface area contributed by atoms with E-state index in [9.17, 15) is 4.79 Å². The highest BCUT2D eigenvalue weighted by atomic mass is 16.5. The molecule has 0 aliphatic carbocycles. The van der Waals surface area contributed by atoms with Gasteiger partial charge in [-0.2, -0.15) is 0 Å². The molecule has 1 aliphatic heterocycles. The summed E-state index contributed by atoms with van der Waals surface area (Å²) in [4.78, 5) is 20.5. The molecule has 1 fully saturated rings. The van der Waals surface area contributed by atoms with Gasteiger partial charge in [0.15, 0.2) is 0 Å². The molecule has 5 aromatic rings. The second kappa shape index (κ2) is 11.9. The maximum absolute atomic E-state index is 13.7. The van der Waals surface area contributed by atoms with Gasteiger partial charge in [-0.3, -0.25) is 4.79 Å². The molecule has 0 unspecified atom stereocenters. The van der Waals surface area contributed by atoms with Crippen molar-refractivity contribution in [1.29, 1.82) is 0 Å². The molecule has 5 heteroatoms. The van der Waals surface area contributed by atoms with Crippen molar-refractivity contribution >= 4 is 12.0 Å². The molecule has 1 atom stereocenters. The van der Waals surface area contributed by atoms with Gasteiger partial charge in [0.25, 0.3) is 0 Å². The van der Waals surface area contributed by atoms with Crippen LogP contribution in [0.15, 0.2) is 133 Å². The molecule has 1 aliphatic rings. The number of hydrogen-bond acceptors (Lipinski definition) is 3. The summed E-state index contributed by atoms with van der Waals surface area (Å²) in [5.41, 5.74) is 5.39. The fourth-order valence-electron chi connectivity index (χ4n) is 6.16. The van der Waals surface area contributed by atoms with E-state index in [0.717, 1.165) is 52.2 Å². The SMILES string of the molecule is COc1ccc(CN2C[C@@H](C)CC(=Cc3cn(C(c4ccccc4)(c4ccccc4)c4ccccc4)cn3)C2=O)cc1. The Labute approximate surface area is 247 Å². The third-order valence-corrected chi connectivity index (χ3v) is 8.08. The predicted molar refractivity (Wildman–Crippen MR) is 167 cm³/mol. The third kappa shape index (κ3) is 5.26. The number of hydrogen-bond donors (Lipinski definition) is 0. The van der Waals surface area contributed by atoms with Gasteiger partial charge in [0.05, 0.1) is 19.1 Å². The summed E-state index contributed by atoms with van der Waals surface area (Å²) in [6.07, 6.45) is 6.67. The third-order valence-electron chi connectivity index (χ3n) is 8.08. The number of imidazole rings is 1. The fourth-order valence-corrected chi connectivity index (χ4v) is 6.16. The fraction of sp³-hybridized carbons (Fsp3) is 0.189. The second-order valence-electron chi connectivity index (χ2n) is 11.0. The zero-order valence-corrected chi connectivity index (χ0v) is 24.1. The molecule has 0 spiro atoms. The van der Waals surface area contributed by atoms with E-state index in [1.165, 1.54) is 0 Å². The van der Waals surface area contributed by atoms with Crippen molar-refractivity contribution in [3.8, 4) is 5.75 Å². The molecule has 0 saturated carbocycles. The lowest BCUT2D eigenvalue weighted by Crippen LogP contribution is -2.40. The normalized spacial score (nSPS) is 16.5. The first-order valence-electron chi connectivity index (χ1n) is 14.4. The number of piperidine rings is 1. The summed E-state index contributed by atoms with van der Waals surface area (Å²) in [7, 11) is 1.66. The van der Waals surface area contributed by atoms with Crippen LogP contribution in [-0.4, -0.2) is 34.0 Å². The van der Waals surface area contributed by atoms with Crippen molar-refractivity contribution < 1.29 is 9.53 Å². The van der Waals surface area contributed by atoms with Gasteiger partial charge < -0.3 is 14.2 Å². The number of likely N-dealkylation sites (tertiary alicyclic amines) is 1. The Morgan fingerprint density at radius 3 is 1.90 bits per heavy atom. The van der Waals surface area contributed by atoms with Gasteiger partial charge in [0.1, 0.15) is 11.3 Å². The second-order valence-corrected chi connectivity index (χ2v) is 11.0. The summed E-state index contributed by atoms with van der Waals surface area (Å²) >= 11 is 0. The summed E-state index contributed by atoms with van der Waals surface area (Å²) in [5, 5.41) is 0. The van der Waals surface area contributed by atoms with Crippen LogP contribution in [0.25, 0.3) is 6.08 Å². The molecule has 4 aromatic carbocycles. The first kappa shape index (κ1) is 27.3. The van der Waals surface area contributed by atoms with Crippen molar-refractivity contribution in [1.82, 2.24) is 14.5 Å². The number of methoxy groups -OCH3 is 1. The highest BCUT2D eigenvalue weighted by Gasteiger charge is 2.38. The molecule has 1 aromatic heterocycles. The number of amides is 1. The first-order valence-corrected chi connectivity index (χ1v) is 14.4. The quantitative estimate of drug-likeness (QED) is 0.151. The molecule has 210 valence electrons. The Bertz CT molecular complexity index is 1560. The van der Waals surface area contributed by atoms with Crippen LogP contribution in [0, 0.1) is 5.92 Å². The number of carbonyl (C=O) groups excluding carboxylic acids is 1. The summed E-state index contributed by atoms with van der Waals surface area (Å²) in [6, 6.07) is 39.5. The topological polar surface area (TPSA) is 47.4 Å². The standard InChI is InChI=1S/C37H35N3O2/c1-28-22-30(36(41)39(24-28)25-29-18-20-35(42-2)21-19-29)23-34-26-40(27-38-34)37(31-12-6-3-7-13-31,32-14-8-4-9-15-32)33-16-10-5-11-17-33/h3-21,23,26-28H,22,24-25H2,1-2H3/t28-/m0/s1. The number of aromatic nitrogens is 2. The molecule has 0 radical (unpaired) electrons. The number of ether oxygens (including phenoxy) is 1. The van der Waals surface area contributed by atoms with Gasteiger partial charge in [-0.05, 0) is 52.8 Å². The van der Waals surface area contributed by atoms with Gasteiger partial charge in [-0.15, -0.1) is 0 Å². The maximum atomic E-state index is 13.7. The zero-order valence-electron chi connectivity index (χ0n) is 24.1. The van der Waals surface area contributed by atoms with E-state index < -0.39 is 5.54 Å². The smallest absolute Gasteiger partial charge is 0.250 e. The summed E-state index contributed by atoms with van der Waals surface area (Å²) in [6.45, 7) is 3.50. The van der Waals surface area contributed by atoms with E-state index in [4.69, 9.17) is 9.72 Å². The van der Waals surface area contributed by atoms with Crippen LogP contribution in [-0.2, 0) is 16.9 Å². The number of carbonyl (C=O) groups is 1. The van der Waals surface area contributed by atoms with Crippen molar-refractivity contribution in [2.75, 3.05) is 13.7 Å². The van der Waals surface area contributed by atoms with Gasteiger partial charge in [0.2, 0.25) is 5.91 Å². The number of benzene rings is 4. The van der Waals surface area contributed by atoms with E-state index in [0.29, 0.717) is 12.5 Å². The molecular formula is C37H35N3O2. The molecule has 0 N–H and O–H groups in total. The average molecular weight is 554 g/mol. The minimum atomic E-state index is -0.641. The zero-order chi connectivity index (χ0) is 28.9. The number of rotatable bonds is 8. The van der Waals surface area contributed by atoms with Gasteiger partial charge in [-0.25, -0.2) is 4.98 Å². The maximum Gasteiger partial charge on any atom is 0.250 e. The van der Waals surface area contributed by atoms with E-state index in [2.05, 4.69) is 90.5 Å². The molecular weight excluding hydrogens is 518 g/mol. The molecule has 6 rings (SSSR count). The van der Waals surface area contributed by atoms with Crippen LogP contribution in [0.4, 0.5) is 0 Å². The summed E-state index contributed by atoms with van der Waals surface area (Å²) in [5.74, 6) is 1.23. The highest BCUT2D eigenvalue weighted by molar-refractivity contribution is 5.98. The molecule has 42 heavy (non-hydrogen) atoms. The molecule has 5 nitrogen and oxygen atoms in total. The van der Waals surface area contributed by atoms with Crippen LogP contribution in [0.3, 0.4) is 0 Å². The first-order chi connectivity index (χ1) is 20.6. The largest absolute Gasteiger partial charge is 0.497 e. The van der Waals surface area contributed by atoms with E-state index in [1.54, 1.807) is 7.11 Å². The average Bonchev–Trinajstić information content (AvgIpc) is 3.50. The van der Waals surface area contributed by atoms with Gasteiger partial charge in [0, 0.05) is 24.9 Å². The lowest BCUT2D eigenvalue weighted by molar-refractivity contribution is -0.130. The van der Waals surface area contributed by atoms with Crippen LogP contribution < -0.4 is 4.74 Å². The Morgan fingerprint density at radius 2 is 1.38 bits per heavy atom.